The van der Waals surface area contributed by atoms with Gasteiger partial charge >= 0.3 is 0 Å². The number of aryl methyl sites for hydroxylation is 2. The zero-order valence-electron chi connectivity index (χ0n) is 11.4. The Kier molecular flexibility index (Phi) is 4.52. The van der Waals surface area contributed by atoms with E-state index in [-0.39, 0.29) is 24.4 Å². The fraction of sp³-hybridized carbons (Fsp3) is 0.538. The number of carbonyl (C=O) groups excluding carboxylic acids is 2. The molecule has 0 bridgehead atoms. The lowest BCUT2D eigenvalue weighted by Gasteiger charge is -2.18. The van der Waals surface area contributed by atoms with Crippen molar-refractivity contribution in [2.24, 2.45) is 0 Å². The molecule has 1 N–H and O–H groups in total. The number of hydrogen-bond donors (Lipinski definition) is 1. The molecule has 1 saturated heterocycles. The second-order valence-electron chi connectivity index (χ2n) is 4.73. The number of rotatable bonds is 4. The van der Waals surface area contributed by atoms with Gasteiger partial charge in [-0.05, 0) is 32.4 Å². The average Bonchev–Trinajstić information content (AvgIpc) is 2.85. The van der Waals surface area contributed by atoms with Gasteiger partial charge in [0.05, 0.1) is 17.7 Å². The van der Waals surface area contributed by atoms with E-state index in [1.807, 2.05) is 6.92 Å². The van der Waals surface area contributed by atoms with Crippen LogP contribution in [0.25, 0.3) is 0 Å². The molecular weight excluding hydrogens is 280 g/mol. The van der Waals surface area contributed by atoms with Crippen LogP contribution in [-0.2, 0) is 9.59 Å². The normalized spacial score (nSPS) is 16.8. The molecule has 0 spiro atoms. The minimum atomic E-state index is -0.0911. The van der Waals surface area contributed by atoms with Crippen molar-refractivity contribution in [1.82, 2.24) is 10.2 Å². The summed E-state index contributed by atoms with van der Waals surface area (Å²) >= 11 is 3.29. The molecule has 1 aliphatic heterocycles. The first-order valence-electron chi connectivity index (χ1n) is 6.19. The highest BCUT2D eigenvalue weighted by atomic mass is 32.2. The number of nitrogens with one attached hydrogen (secondary N) is 1. The van der Waals surface area contributed by atoms with Crippen molar-refractivity contribution in [1.29, 1.82) is 0 Å². The van der Waals surface area contributed by atoms with Gasteiger partial charge in [-0.15, -0.1) is 23.1 Å². The molecule has 4 nitrogen and oxygen atoms in total. The zero-order valence-corrected chi connectivity index (χ0v) is 13.0. The van der Waals surface area contributed by atoms with Crippen LogP contribution in [0.4, 0.5) is 0 Å². The van der Waals surface area contributed by atoms with E-state index in [9.17, 15) is 9.59 Å². The summed E-state index contributed by atoms with van der Waals surface area (Å²) in [4.78, 5) is 27.5. The van der Waals surface area contributed by atoms with Crippen LogP contribution in [0.5, 0.6) is 0 Å². The minimum absolute atomic E-state index is 0.0113. The molecule has 2 amide bonds. The van der Waals surface area contributed by atoms with Gasteiger partial charge < -0.3 is 10.2 Å². The summed E-state index contributed by atoms with van der Waals surface area (Å²) in [6.45, 7) is 6.28. The highest BCUT2D eigenvalue weighted by Crippen LogP contribution is 2.26. The first-order valence-corrected chi connectivity index (χ1v) is 8.16. The Labute approximate surface area is 121 Å². The summed E-state index contributed by atoms with van der Waals surface area (Å²) in [5, 5.41) is 2.96. The van der Waals surface area contributed by atoms with E-state index in [1.54, 1.807) is 28.0 Å². The maximum Gasteiger partial charge on any atom is 0.240 e. The lowest BCUT2D eigenvalue weighted by molar-refractivity contribution is -0.132. The summed E-state index contributed by atoms with van der Waals surface area (Å²) in [6, 6.07) is 2.10. The smallest absolute Gasteiger partial charge is 0.240 e. The minimum Gasteiger partial charge on any atom is -0.348 e. The van der Waals surface area contributed by atoms with Crippen molar-refractivity contribution in [3.63, 3.8) is 0 Å². The molecule has 1 aromatic heterocycles. The lowest BCUT2D eigenvalue weighted by atomic mass is 10.1. The number of thiophene rings is 1. The molecule has 1 fully saturated rings. The third-order valence-corrected chi connectivity index (χ3v) is 5.01. The zero-order chi connectivity index (χ0) is 14.0. The number of thioether (sulfide) groups is 1. The summed E-state index contributed by atoms with van der Waals surface area (Å²) < 4.78 is 0. The van der Waals surface area contributed by atoms with Gasteiger partial charge in [0.15, 0.2) is 0 Å². The quantitative estimate of drug-likeness (QED) is 0.926. The third-order valence-electron chi connectivity index (χ3n) is 3.08. The molecule has 6 heteroatoms. The summed E-state index contributed by atoms with van der Waals surface area (Å²) in [7, 11) is 0. The number of nitrogens with zero attached hydrogens (tertiary/aromatic N) is 1. The van der Waals surface area contributed by atoms with Gasteiger partial charge in [-0.1, -0.05) is 0 Å². The first-order chi connectivity index (χ1) is 8.97. The van der Waals surface area contributed by atoms with Crippen LogP contribution in [0.1, 0.15) is 28.3 Å². The molecule has 0 aromatic carbocycles. The fourth-order valence-electron chi connectivity index (χ4n) is 2.16. The SMILES string of the molecule is Cc1cc([C@H](C)NC(=O)CN2CSCC2=O)c(C)s1. The van der Waals surface area contributed by atoms with Crippen molar-refractivity contribution in [2.45, 2.75) is 26.8 Å². The van der Waals surface area contributed by atoms with Gasteiger partial charge in [-0.2, -0.15) is 0 Å². The summed E-state index contributed by atoms with van der Waals surface area (Å²) in [5.74, 6) is 1.07. The van der Waals surface area contributed by atoms with Crippen molar-refractivity contribution >= 4 is 34.9 Å². The maximum absolute atomic E-state index is 11.9. The molecule has 1 aromatic rings. The standard InChI is InChI=1S/C13H18N2O2S2/c1-8-4-11(10(3)19-8)9(2)14-12(16)5-15-7-18-6-13(15)17/h4,9H,5-7H2,1-3H3,(H,14,16)/t9-/m0/s1. The topological polar surface area (TPSA) is 49.4 Å². The first kappa shape index (κ1) is 14.4. The molecule has 0 unspecified atom stereocenters. The van der Waals surface area contributed by atoms with E-state index in [2.05, 4.69) is 25.2 Å². The van der Waals surface area contributed by atoms with Crippen LogP contribution >= 0.6 is 23.1 Å². The van der Waals surface area contributed by atoms with Crippen LogP contribution in [0, 0.1) is 13.8 Å². The van der Waals surface area contributed by atoms with E-state index in [0.717, 1.165) is 5.56 Å². The molecule has 104 valence electrons. The third kappa shape index (κ3) is 3.51. The number of hydrogen-bond acceptors (Lipinski definition) is 4. The molecule has 0 aliphatic carbocycles. The van der Waals surface area contributed by atoms with E-state index >= 15 is 0 Å². The van der Waals surface area contributed by atoms with E-state index in [4.69, 9.17) is 0 Å². The molecule has 0 saturated carbocycles. The van der Waals surface area contributed by atoms with Crippen LogP contribution in [0.3, 0.4) is 0 Å². The van der Waals surface area contributed by atoms with E-state index in [1.165, 1.54) is 9.75 Å². The van der Waals surface area contributed by atoms with Crippen molar-refractivity contribution < 1.29 is 9.59 Å². The van der Waals surface area contributed by atoms with Gasteiger partial charge in [0, 0.05) is 9.75 Å². The summed E-state index contributed by atoms with van der Waals surface area (Å²) in [6.07, 6.45) is 0. The van der Waals surface area contributed by atoms with Gasteiger partial charge in [-0.3, -0.25) is 9.59 Å². The Morgan fingerprint density at radius 3 is 2.79 bits per heavy atom. The number of carbonyl (C=O) groups is 2. The van der Waals surface area contributed by atoms with Crippen LogP contribution in [-0.4, -0.2) is 34.9 Å². The highest BCUT2D eigenvalue weighted by Gasteiger charge is 2.23. The monoisotopic (exact) mass is 298 g/mol. The average molecular weight is 298 g/mol. The molecule has 2 rings (SSSR count). The lowest BCUT2D eigenvalue weighted by Crippen LogP contribution is -2.39. The largest absolute Gasteiger partial charge is 0.348 e. The van der Waals surface area contributed by atoms with Crippen LogP contribution in [0.2, 0.25) is 0 Å². The molecule has 1 atom stereocenters. The molecule has 0 radical (unpaired) electrons. The van der Waals surface area contributed by atoms with E-state index < -0.39 is 0 Å². The molecule has 19 heavy (non-hydrogen) atoms. The van der Waals surface area contributed by atoms with Crippen LogP contribution in [0.15, 0.2) is 6.07 Å². The Morgan fingerprint density at radius 2 is 2.26 bits per heavy atom. The van der Waals surface area contributed by atoms with Crippen molar-refractivity contribution in [2.75, 3.05) is 18.2 Å². The van der Waals surface area contributed by atoms with E-state index in [0.29, 0.717) is 11.6 Å². The molecule has 2 heterocycles. The second-order valence-corrected chi connectivity index (χ2v) is 7.14. The van der Waals surface area contributed by atoms with Gasteiger partial charge in [0.25, 0.3) is 0 Å². The Bertz CT molecular complexity index is 499. The molecule has 1 aliphatic rings. The maximum atomic E-state index is 11.9. The highest BCUT2D eigenvalue weighted by molar-refractivity contribution is 8.00. The Hall–Kier alpha value is -1.01. The molecular formula is C13H18N2O2S2. The fourth-order valence-corrected chi connectivity index (χ4v) is 4.09. The van der Waals surface area contributed by atoms with Crippen LogP contribution < -0.4 is 5.32 Å². The predicted molar refractivity (Wildman–Crippen MR) is 79.4 cm³/mol. The number of amides is 2. The van der Waals surface area contributed by atoms with Gasteiger partial charge in [0.2, 0.25) is 11.8 Å². The van der Waals surface area contributed by atoms with Gasteiger partial charge in [-0.25, -0.2) is 0 Å². The summed E-state index contributed by atoms with van der Waals surface area (Å²) in [5.41, 5.74) is 1.16. The van der Waals surface area contributed by atoms with Crippen molar-refractivity contribution in [3.05, 3.63) is 21.4 Å². The Morgan fingerprint density at radius 1 is 1.53 bits per heavy atom. The second kappa shape index (κ2) is 5.96. The Balaban J connectivity index is 1.91. The van der Waals surface area contributed by atoms with Crippen molar-refractivity contribution in [3.8, 4) is 0 Å². The predicted octanol–water partition coefficient (Wildman–Crippen LogP) is 2.08. The van der Waals surface area contributed by atoms with Gasteiger partial charge in [0.1, 0.15) is 6.54 Å².